The van der Waals surface area contributed by atoms with Gasteiger partial charge in [-0.25, -0.2) is 4.39 Å². The van der Waals surface area contributed by atoms with E-state index in [9.17, 15) is 9.18 Å². The van der Waals surface area contributed by atoms with Crippen LogP contribution in [0.1, 0.15) is 10.4 Å². The average Bonchev–Trinajstić information content (AvgIpc) is 2.36. The zero-order valence-electron chi connectivity index (χ0n) is 9.68. The molecule has 20 heavy (non-hydrogen) atoms. The third kappa shape index (κ3) is 3.44. The molecular weight excluding hydrogens is 391 g/mol. The first kappa shape index (κ1) is 15.6. The molecule has 0 heterocycles. The second-order valence-electron chi connectivity index (χ2n) is 3.83. The van der Waals surface area contributed by atoms with Gasteiger partial charge in [-0.1, -0.05) is 34.8 Å². The molecule has 1 amide bonds. The largest absolute Gasteiger partial charge is 0.319 e. The molecule has 0 spiro atoms. The summed E-state index contributed by atoms with van der Waals surface area (Å²) in [5, 5.41) is 3.28. The number of halogens is 5. The van der Waals surface area contributed by atoms with Crippen LogP contribution in [0.2, 0.25) is 15.1 Å². The van der Waals surface area contributed by atoms with Gasteiger partial charge in [0.15, 0.2) is 0 Å². The fourth-order valence-electron chi connectivity index (χ4n) is 1.48. The van der Waals surface area contributed by atoms with Gasteiger partial charge in [-0.05, 0) is 46.3 Å². The van der Waals surface area contributed by atoms with E-state index in [0.717, 1.165) is 6.07 Å². The number of rotatable bonds is 2. The van der Waals surface area contributed by atoms with E-state index in [-0.39, 0.29) is 25.8 Å². The van der Waals surface area contributed by atoms with Gasteiger partial charge in [0.05, 0.1) is 20.2 Å². The number of anilines is 1. The normalized spacial score (nSPS) is 10.4. The lowest BCUT2D eigenvalue weighted by Gasteiger charge is -2.10. The standard InChI is InChI=1S/C13H6BrCl3FNO/c14-8-2-1-6(3-11(8)18)13(20)19-12-9(16)4-7(15)5-10(12)17/h1-5H,(H,19,20). The Kier molecular flexibility index (Phi) is 4.91. The molecule has 1 N–H and O–H groups in total. The van der Waals surface area contributed by atoms with Gasteiger partial charge in [-0.3, -0.25) is 4.79 Å². The number of carbonyl (C=O) groups is 1. The monoisotopic (exact) mass is 395 g/mol. The molecule has 0 aliphatic rings. The van der Waals surface area contributed by atoms with E-state index >= 15 is 0 Å². The zero-order valence-corrected chi connectivity index (χ0v) is 13.5. The molecular formula is C13H6BrCl3FNO. The van der Waals surface area contributed by atoms with E-state index in [1.807, 2.05) is 0 Å². The number of benzene rings is 2. The molecule has 0 bridgehead atoms. The lowest BCUT2D eigenvalue weighted by atomic mass is 10.2. The quantitative estimate of drug-likeness (QED) is 0.682. The lowest BCUT2D eigenvalue weighted by Crippen LogP contribution is -2.13. The smallest absolute Gasteiger partial charge is 0.255 e. The van der Waals surface area contributed by atoms with Crippen molar-refractivity contribution in [2.24, 2.45) is 0 Å². The second kappa shape index (κ2) is 6.31. The Labute approximate surface area is 138 Å². The van der Waals surface area contributed by atoms with Gasteiger partial charge in [-0.2, -0.15) is 0 Å². The summed E-state index contributed by atoms with van der Waals surface area (Å²) in [5.74, 6) is -1.06. The van der Waals surface area contributed by atoms with Gasteiger partial charge >= 0.3 is 0 Å². The topological polar surface area (TPSA) is 29.1 Å². The third-order valence-corrected chi connectivity index (χ3v) is 3.88. The Balaban J connectivity index is 2.30. The first-order valence-corrected chi connectivity index (χ1v) is 7.22. The highest BCUT2D eigenvalue weighted by molar-refractivity contribution is 9.10. The Morgan fingerprint density at radius 2 is 1.70 bits per heavy atom. The summed E-state index contributed by atoms with van der Waals surface area (Å²) in [7, 11) is 0. The molecule has 0 unspecified atom stereocenters. The summed E-state index contributed by atoms with van der Waals surface area (Å²) in [4.78, 5) is 12.0. The van der Waals surface area contributed by atoms with Crippen LogP contribution in [0, 0.1) is 5.82 Å². The molecule has 2 rings (SSSR count). The minimum atomic E-state index is -0.536. The summed E-state index contributed by atoms with van der Waals surface area (Å²) >= 11 is 20.7. The van der Waals surface area contributed by atoms with Gasteiger partial charge in [0, 0.05) is 10.6 Å². The maximum Gasteiger partial charge on any atom is 0.255 e. The van der Waals surface area contributed by atoms with Gasteiger partial charge in [-0.15, -0.1) is 0 Å². The van der Waals surface area contributed by atoms with Gasteiger partial charge in [0.25, 0.3) is 5.91 Å². The molecule has 0 radical (unpaired) electrons. The van der Waals surface area contributed by atoms with Crippen molar-refractivity contribution >= 4 is 62.3 Å². The second-order valence-corrected chi connectivity index (χ2v) is 5.93. The maximum absolute atomic E-state index is 13.4. The van der Waals surface area contributed by atoms with Crippen LogP contribution >= 0.6 is 50.7 Å². The zero-order chi connectivity index (χ0) is 14.9. The summed E-state index contributed by atoms with van der Waals surface area (Å²) < 4.78 is 13.7. The Hall–Kier alpha value is -0.810. The molecule has 7 heteroatoms. The average molecular weight is 397 g/mol. The summed E-state index contributed by atoms with van der Waals surface area (Å²) in [6.07, 6.45) is 0. The molecule has 0 aliphatic carbocycles. The van der Waals surface area contributed by atoms with Crippen molar-refractivity contribution in [1.29, 1.82) is 0 Å². The molecule has 0 aromatic heterocycles. The number of amides is 1. The Bertz CT molecular complexity index is 670. The number of nitrogens with one attached hydrogen (secondary N) is 1. The fourth-order valence-corrected chi connectivity index (χ4v) is 2.64. The summed E-state index contributed by atoms with van der Waals surface area (Å²) in [5.41, 5.74) is 0.374. The molecule has 0 fully saturated rings. The highest BCUT2D eigenvalue weighted by Gasteiger charge is 2.14. The minimum absolute atomic E-state index is 0.146. The third-order valence-electron chi connectivity index (χ3n) is 2.43. The SMILES string of the molecule is O=C(Nc1c(Cl)cc(Cl)cc1Cl)c1ccc(Br)c(F)c1. The van der Waals surface area contributed by atoms with E-state index in [2.05, 4.69) is 21.2 Å². The fraction of sp³-hybridized carbons (Fsp3) is 0. The highest BCUT2D eigenvalue weighted by atomic mass is 79.9. The van der Waals surface area contributed by atoms with Gasteiger partial charge in [0.2, 0.25) is 0 Å². The molecule has 0 saturated heterocycles. The van der Waals surface area contributed by atoms with E-state index in [1.165, 1.54) is 24.3 Å². The van der Waals surface area contributed by atoms with Crippen LogP contribution < -0.4 is 5.32 Å². The van der Waals surface area contributed by atoms with Crippen LogP contribution in [0.25, 0.3) is 0 Å². The predicted molar refractivity (Wildman–Crippen MR) is 83.5 cm³/mol. The number of carbonyl (C=O) groups excluding carboxylic acids is 1. The van der Waals surface area contributed by atoms with Gasteiger partial charge < -0.3 is 5.32 Å². The van der Waals surface area contributed by atoms with Crippen LogP contribution in [0.3, 0.4) is 0 Å². The first-order valence-electron chi connectivity index (χ1n) is 5.29. The van der Waals surface area contributed by atoms with Crippen LogP contribution in [-0.4, -0.2) is 5.91 Å². The van der Waals surface area contributed by atoms with Crippen molar-refractivity contribution in [2.75, 3.05) is 5.32 Å². The van der Waals surface area contributed by atoms with Gasteiger partial charge in [0.1, 0.15) is 5.82 Å². The van der Waals surface area contributed by atoms with Crippen molar-refractivity contribution < 1.29 is 9.18 Å². The van der Waals surface area contributed by atoms with Crippen LogP contribution in [0.15, 0.2) is 34.8 Å². The molecule has 104 valence electrons. The van der Waals surface area contributed by atoms with E-state index in [4.69, 9.17) is 34.8 Å². The maximum atomic E-state index is 13.4. The molecule has 2 aromatic rings. The summed E-state index contributed by atoms with van der Waals surface area (Å²) in [6.45, 7) is 0. The molecule has 2 nitrogen and oxygen atoms in total. The first-order chi connectivity index (χ1) is 9.38. The van der Waals surface area contributed by atoms with Crippen molar-refractivity contribution in [3.05, 3.63) is 61.3 Å². The molecule has 2 aromatic carbocycles. The van der Waals surface area contributed by atoms with E-state index < -0.39 is 11.7 Å². The Morgan fingerprint density at radius 3 is 2.25 bits per heavy atom. The number of hydrogen-bond acceptors (Lipinski definition) is 1. The molecule has 0 aliphatic heterocycles. The highest BCUT2D eigenvalue weighted by Crippen LogP contribution is 2.34. The van der Waals surface area contributed by atoms with E-state index in [1.54, 1.807) is 0 Å². The van der Waals surface area contributed by atoms with Crippen molar-refractivity contribution in [2.45, 2.75) is 0 Å². The van der Waals surface area contributed by atoms with Crippen molar-refractivity contribution in [3.8, 4) is 0 Å². The molecule has 0 saturated carbocycles. The van der Waals surface area contributed by atoms with E-state index in [0.29, 0.717) is 5.02 Å². The van der Waals surface area contributed by atoms with Crippen LogP contribution in [-0.2, 0) is 0 Å². The minimum Gasteiger partial charge on any atom is -0.319 e. The van der Waals surface area contributed by atoms with Crippen LogP contribution in [0.5, 0.6) is 0 Å². The predicted octanol–water partition coefficient (Wildman–Crippen LogP) is 5.80. The molecule has 0 atom stereocenters. The summed E-state index contributed by atoms with van der Waals surface area (Å²) in [6, 6.07) is 6.92. The number of hydrogen-bond donors (Lipinski definition) is 1. The lowest BCUT2D eigenvalue weighted by molar-refractivity contribution is 0.102. The van der Waals surface area contributed by atoms with Crippen molar-refractivity contribution in [1.82, 2.24) is 0 Å². The Morgan fingerprint density at radius 1 is 1.10 bits per heavy atom. The van der Waals surface area contributed by atoms with Crippen LogP contribution in [0.4, 0.5) is 10.1 Å². The van der Waals surface area contributed by atoms with Crippen molar-refractivity contribution in [3.63, 3.8) is 0 Å².